The minimum atomic E-state index is 0.504. The van der Waals surface area contributed by atoms with E-state index < -0.39 is 0 Å². The molecule has 0 aliphatic carbocycles. The molecule has 0 aliphatic heterocycles. The van der Waals surface area contributed by atoms with Crippen molar-refractivity contribution in [2.75, 3.05) is 19.8 Å². The Bertz CT molecular complexity index is 337. The number of para-hydroxylation sites is 1. The van der Waals surface area contributed by atoms with Crippen LogP contribution in [0.3, 0.4) is 0 Å². The van der Waals surface area contributed by atoms with Gasteiger partial charge in [-0.15, -0.1) is 0 Å². The van der Waals surface area contributed by atoms with Crippen molar-refractivity contribution in [1.82, 2.24) is 0 Å². The number of rotatable bonds is 7. The molecular weight excluding hydrogens is 214 g/mol. The van der Waals surface area contributed by atoms with Crippen molar-refractivity contribution in [3.63, 3.8) is 0 Å². The van der Waals surface area contributed by atoms with Crippen LogP contribution in [0.15, 0.2) is 18.2 Å². The van der Waals surface area contributed by atoms with Crippen molar-refractivity contribution in [2.24, 2.45) is 11.7 Å². The van der Waals surface area contributed by atoms with E-state index in [1.165, 1.54) is 0 Å². The summed E-state index contributed by atoms with van der Waals surface area (Å²) in [4.78, 5) is 0. The molecule has 1 rings (SSSR count). The Morgan fingerprint density at radius 3 is 2.65 bits per heavy atom. The maximum atomic E-state index is 5.74. The van der Waals surface area contributed by atoms with E-state index in [4.69, 9.17) is 15.2 Å². The molecule has 0 saturated heterocycles. The van der Waals surface area contributed by atoms with Gasteiger partial charge >= 0.3 is 0 Å². The standard InChI is InChI=1S/C14H23NO2/c1-11(2)10-16-7-8-17-14-12(3)5-4-6-13(14)9-15/h4-6,11H,7-10,15H2,1-3H3. The smallest absolute Gasteiger partial charge is 0.126 e. The lowest BCUT2D eigenvalue weighted by Crippen LogP contribution is -2.12. The first-order valence-corrected chi connectivity index (χ1v) is 6.14. The molecular formula is C14H23NO2. The lowest BCUT2D eigenvalue weighted by Gasteiger charge is -2.13. The minimum absolute atomic E-state index is 0.504. The second-order valence-electron chi connectivity index (χ2n) is 4.58. The summed E-state index contributed by atoms with van der Waals surface area (Å²) < 4.78 is 11.2. The summed E-state index contributed by atoms with van der Waals surface area (Å²) in [6.07, 6.45) is 0. The Morgan fingerprint density at radius 2 is 2.00 bits per heavy atom. The molecule has 0 amide bonds. The molecule has 0 atom stereocenters. The van der Waals surface area contributed by atoms with E-state index in [9.17, 15) is 0 Å². The number of benzene rings is 1. The van der Waals surface area contributed by atoms with Gasteiger partial charge in [0.2, 0.25) is 0 Å². The fourth-order valence-electron chi connectivity index (χ4n) is 1.60. The van der Waals surface area contributed by atoms with Crippen LogP contribution in [0.4, 0.5) is 0 Å². The predicted molar refractivity (Wildman–Crippen MR) is 70.2 cm³/mol. The summed E-state index contributed by atoms with van der Waals surface area (Å²) in [5.41, 5.74) is 7.85. The van der Waals surface area contributed by atoms with Crippen molar-refractivity contribution < 1.29 is 9.47 Å². The zero-order chi connectivity index (χ0) is 12.7. The molecule has 0 radical (unpaired) electrons. The van der Waals surface area contributed by atoms with Crippen LogP contribution >= 0.6 is 0 Å². The van der Waals surface area contributed by atoms with Crippen LogP contribution < -0.4 is 10.5 Å². The van der Waals surface area contributed by atoms with Crippen LogP contribution in [0.25, 0.3) is 0 Å². The molecule has 96 valence electrons. The summed E-state index contributed by atoms with van der Waals surface area (Å²) in [6, 6.07) is 6.03. The molecule has 0 saturated carbocycles. The average molecular weight is 237 g/mol. The van der Waals surface area contributed by atoms with E-state index in [2.05, 4.69) is 13.8 Å². The SMILES string of the molecule is Cc1cccc(CN)c1OCCOCC(C)C. The van der Waals surface area contributed by atoms with E-state index in [-0.39, 0.29) is 0 Å². The first kappa shape index (κ1) is 14.0. The quantitative estimate of drug-likeness (QED) is 0.741. The number of hydrogen-bond donors (Lipinski definition) is 1. The van der Waals surface area contributed by atoms with Crippen LogP contribution in [0.2, 0.25) is 0 Å². The first-order valence-electron chi connectivity index (χ1n) is 6.14. The van der Waals surface area contributed by atoms with E-state index in [1.807, 2.05) is 25.1 Å². The zero-order valence-corrected chi connectivity index (χ0v) is 11.0. The summed E-state index contributed by atoms with van der Waals surface area (Å²) in [5, 5.41) is 0. The third-order valence-electron chi connectivity index (χ3n) is 2.44. The highest BCUT2D eigenvalue weighted by molar-refractivity contribution is 5.40. The Hall–Kier alpha value is -1.06. The number of nitrogens with two attached hydrogens (primary N) is 1. The first-order chi connectivity index (χ1) is 8.15. The minimum Gasteiger partial charge on any atom is -0.491 e. The molecule has 2 N–H and O–H groups in total. The largest absolute Gasteiger partial charge is 0.491 e. The molecule has 17 heavy (non-hydrogen) atoms. The third kappa shape index (κ3) is 4.75. The monoisotopic (exact) mass is 237 g/mol. The van der Waals surface area contributed by atoms with Gasteiger partial charge in [0.1, 0.15) is 12.4 Å². The Morgan fingerprint density at radius 1 is 1.24 bits per heavy atom. The molecule has 0 heterocycles. The average Bonchev–Trinajstić information content (AvgIpc) is 2.30. The van der Waals surface area contributed by atoms with Crippen LogP contribution in [-0.4, -0.2) is 19.8 Å². The molecule has 1 aromatic carbocycles. The fourth-order valence-corrected chi connectivity index (χ4v) is 1.60. The van der Waals surface area contributed by atoms with Gasteiger partial charge in [-0.2, -0.15) is 0 Å². The van der Waals surface area contributed by atoms with Gasteiger partial charge in [-0.1, -0.05) is 32.0 Å². The van der Waals surface area contributed by atoms with Gasteiger partial charge in [-0.25, -0.2) is 0 Å². The maximum absolute atomic E-state index is 5.74. The molecule has 0 unspecified atom stereocenters. The highest BCUT2D eigenvalue weighted by atomic mass is 16.5. The van der Waals surface area contributed by atoms with Crippen molar-refractivity contribution in [3.8, 4) is 5.75 Å². The second-order valence-corrected chi connectivity index (χ2v) is 4.58. The molecule has 0 spiro atoms. The topological polar surface area (TPSA) is 44.5 Å². The molecule has 3 heteroatoms. The Kier molecular flexibility index (Phi) is 6.01. The molecule has 0 bridgehead atoms. The number of aryl methyl sites for hydroxylation is 1. The Balaban J connectivity index is 2.40. The van der Waals surface area contributed by atoms with E-state index in [0.29, 0.717) is 25.7 Å². The summed E-state index contributed by atoms with van der Waals surface area (Å²) in [6.45, 7) is 8.78. The highest BCUT2D eigenvalue weighted by Crippen LogP contribution is 2.22. The van der Waals surface area contributed by atoms with Crippen LogP contribution in [0.5, 0.6) is 5.75 Å². The number of hydrogen-bond acceptors (Lipinski definition) is 3. The van der Waals surface area contributed by atoms with Crippen molar-refractivity contribution in [1.29, 1.82) is 0 Å². The van der Waals surface area contributed by atoms with Crippen molar-refractivity contribution in [2.45, 2.75) is 27.3 Å². The maximum Gasteiger partial charge on any atom is 0.126 e. The van der Waals surface area contributed by atoms with Crippen LogP contribution in [0.1, 0.15) is 25.0 Å². The van der Waals surface area contributed by atoms with Gasteiger partial charge in [0.25, 0.3) is 0 Å². The van der Waals surface area contributed by atoms with Crippen molar-refractivity contribution >= 4 is 0 Å². The third-order valence-corrected chi connectivity index (χ3v) is 2.44. The van der Waals surface area contributed by atoms with Gasteiger partial charge in [-0.05, 0) is 18.4 Å². The fraction of sp³-hybridized carbons (Fsp3) is 0.571. The van der Waals surface area contributed by atoms with E-state index in [0.717, 1.165) is 23.5 Å². The summed E-state index contributed by atoms with van der Waals surface area (Å²) in [5.74, 6) is 1.47. The molecule has 3 nitrogen and oxygen atoms in total. The van der Waals surface area contributed by atoms with E-state index >= 15 is 0 Å². The Labute approximate surface area is 104 Å². The molecule has 0 fully saturated rings. The van der Waals surface area contributed by atoms with Gasteiger partial charge in [0.15, 0.2) is 0 Å². The highest BCUT2D eigenvalue weighted by Gasteiger charge is 2.05. The lowest BCUT2D eigenvalue weighted by molar-refractivity contribution is 0.0814. The van der Waals surface area contributed by atoms with Gasteiger partial charge in [-0.3, -0.25) is 0 Å². The summed E-state index contributed by atoms with van der Waals surface area (Å²) in [7, 11) is 0. The molecule has 0 aliphatic rings. The van der Waals surface area contributed by atoms with E-state index in [1.54, 1.807) is 0 Å². The van der Waals surface area contributed by atoms with Gasteiger partial charge in [0, 0.05) is 18.7 Å². The second kappa shape index (κ2) is 7.30. The zero-order valence-electron chi connectivity index (χ0n) is 11.0. The summed E-state index contributed by atoms with van der Waals surface area (Å²) >= 11 is 0. The lowest BCUT2D eigenvalue weighted by atomic mass is 10.1. The van der Waals surface area contributed by atoms with Crippen LogP contribution in [0, 0.1) is 12.8 Å². The molecule has 1 aromatic rings. The van der Waals surface area contributed by atoms with Gasteiger partial charge < -0.3 is 15.2 Å². The van der Waals surface area contributed by atoms with Crippen LogP contribution in [-0.2, 0) is 11.3 Å². The normalized spacial score (nSPS) is 10.9. The van der Waals surface area contributed by atoms with Crippen molar-refractivity contribution in [3.05, 3.63) is 29.3 Å². The molecule has 0 aromatic heterocycles. The predicted octanol–water partition coefficient (Wildman–Crippen LogP) is 2.51. The van der Waals surface area contributed by atoms with Gasteiger partial charge in [0.05, 0.1) is 6.61 Å². The number of ether oxygens (including phenoxy) is 2.